The zero-order valence-electron chi connectivity index (χ0n) is 20.2. The van der Waals surface area contributed by atoms with Gasteiger partial charge in [-0.05, 0) is 67.6 Å². The second kappa shape index (κ2) is 9.42. The average Bonchev–Trinajstić information content (AvgIpc) is 3.54. The van der Waals surface area contributed by atoms with E-state index in [0.29, 0.717) is 48.0 Å². The van der Waals surface area contributed by atoms with Gasteiger partial charge in [-0.2, -0.15) is 13.2 Å². The SMILES string of the molecule is Cc1cc(CNC(=O)C2(CC3CC3)CCN(Cc3ccc4c(c3)NC(=O)CO4)C2)cc(C(F)(F)F)c1. The molecule has 1 aliphatic carbocycles. The Bertz CT molecular complexity index is 1180. The van der Waals surface area contributed by atoms with E-state index in [2.05, 4.69) is 15.5 Å². The number of carbonyl (C=O) groups is 2. The molecule has 0 spiro atoms. The Morgan fingerprint density at radius 3 is 2.75 bits per heavy atom. The number of ether oxygens (including phenoxy) is 1. The normalized spacial score (nSPS) is 22.1. The first-order chi connectivity index (χ1) is 17.1. The summed E-state index contributed by atoms with van der Waals surface area (Å²) >= 11 is 0. The van der Waals surface area contributed by atoms with E-state index in [1.54, 1.807) is 13.0 Å². The molecule has 2 fully saturated rings. The third-order valence-corrected chi connectivity index (χ3v) is 7.29. The third kappa shape index (κ3) is 5.51. The lowest BCUT2D eigenvalue weighted by atomic mass is 9.80. The number of aryl methyl sites for hydroxylation is 1. The van der Waals surface area contributed by atoms with Crippen LogP contribution >= 0.6 is 0 Å². The Kier molecular flexibility index (Phi) is 6.44. The van der Waals surface area contributed by atoms with Crippen LogP contribution in [-0.2, 0) is 28.9 Å². The number of hydrogen-bond donors (Lipinski definition) is 2. The molecule has 1 saturated carbocycles. The van der Waals surface area contributed by atoms with E-state index in [1.165, 1.54) is 0 Å². The molecule has 3 aliphatic rings. The first kappa shape index (κ1) is 24.6. The van der Waals surface area contributed by atoms with Crippen molar-refractivity contribution < 1.29 is 27.5 Å². The Balaban J connectivity index is 1.26. The molecular formula is C27H30F3N3O3. The van der Waals surface area contributed by atoms with Crippen LogP contribution in [0.25, 0.3) is 0 Å². The fourth-order valence-corrected chi connectivity index (χ4v) is 5.40. The number of carbonyl (C=O) groups excluding carboxylic acids is 2. The minimum absolute atomic E-state index is 0.0112. The predicted octanol–water partition coefficient (Wildman–Crippen LogP) is 4.65. The van der Waals surface area contributed by atoms with Gasteiger partial charge in [0.1, 0.15) is 5.75 Å². The first-order valence-electron chi connectivity index (χ1n) is 12.3. The maximum absolute atomic E-state index is 13.5. The van der Waals surface area contributed by atoms with Gasteiger partial charge < -0.3 is 15.4 Å². The second-order valence-corrected chi connectivity index (χ2v) is 10.4. The van der Waals surface area contributed by atoms with Crippen LogP contribution in [0, 0.1) is 18.3 Å². The number of alkyl halides is 3. The van der Waals surface area contributed by atoms with Crippen molar-refractivity contribution in [3.8, 4) is 5.75 Å². The van der Waals surface area contributed by atoms with Gasteiger partial charge in [-0.3, -0.25) is 14.5 Å². The van der Waals surface area contributed by atoms with Gasteiger partial charge in [0.2, 0.25) is 5.91 Å². The smallest absolute Gasteiger partial charge is 0.416 e. The number of fused-ring (bicyclic) bond motifs is 1. The number of hydrogen-bond acceptors (Lipinski definition) is 4. The fourth-order valence-electron chi connectivity index (χ4n) is 5.40. The number of rotatable bonds is 7. The van der Waals surface area contributed by atoms with Crippen LogP contribution in [0.4, 0.5) is 18.9 Å². The van der Waals surface area contributed by atoms with Crippen molar-refractivity contribution in [3.63, 3.8) is 0 Å². The summed E-state index contributed by atoms with van der Waals surface area (Å²) < 4.78 is 45.1. The monoisotopic (exact) mass is 501 g/mol. The lowest BCUT2D eigenvalue weighted by molar-refractivity contribution is -0.137. The molecule has 5 rings (SSSR count). The summed E-state index contributed by atoms with van der Waals surface area (Å²) in [5, 5.41) is 5.78. The number of anilines is 1. The van der Waals surface area contributed by atoms with Crippen molar-refractivity contribution >= 4 is 17.5 Å². The zero-order chi connectivity index (χ0) is 25.5. The molecule has 2 aromatic rings. The molecule has 2 heterocycles. The summed E-state index contributed by atoms with van der Waals surface area (Å²) in [4.78, 5) is 27.4. The number of likely N-dealkylation sites (tertiary alicyclic amines) is 1. The molecule has 2 aliphatic heterocycles. The quantitative estimate of drug-likeness (QED) is 0.579. The lowest BCUT2D eigenvalue weighted by Gasteiger charge is -2.29. The van der Waals surface area contributed by atoms with E-state index in [0.717, 1.165) is 43.5 Å². The van der Waals surface area contributed by atoms with E-state index < -0.39 is 17.2 Å². The van der Waals surface area contributed by atoms with Crippen molar-refractivity contribution in [2.45, 2.75) is 51.9 Å². The largest absolute Gasteiger partial charge is 0.482 e. The van der Waals surface area contributed by atoms with Gasteiger partial charge >= 0.3 is 6.18 Å². The van der Waals surface area contributed by atoms with Crippen LogP contribution in [0.2, 0.25) is 0 Å². The van der Waals surface area contributed by atoms with Crippen LogP contribution in [0.15, 0.2) is 36.4 Å². The number of benzene rings is 2. The highest BCUT2D eigenvalue weighted by Gasteiger charge is 2.47. The molecule has 1 saturated heterocycles. The topological polar surface area (TPSA) is 70.7 Å². The maximum Gasteiger partial charge on any atom is 0.416 e. The fraction of sp³-hybridized carbons (Fsp3) is 0.481. The minimum Gasteiger partial charge on any atom is -0.482 e. The van der Waals surface area contributed by atoms with Crippen LogP contribution in [0.3, 0.4) is 0 Å². The van der Waals surface area contributed by atoms with Crippen molar-refractivity contribution in [1.29, 1.82) is 0 Å². The zero-order valence-corrected chi connectivity index (χ0v) is 20.2. The van der Waals surface area contributed by atoms with Gasteiger partial charge in [-0.1, -0.05) is 30.5 Å². The van der Waals surface area contributed by atoms with Crippen molar-refractivity contribution in [2.24, 2.45) is 11.3 Å². The highest BCUT2D eigenvalue weighted by atomic mass is 19.4. The standard InChI is InChI=1S/C27H30F3N3O3/c1-17-8-20(10-21(9-17)27(28,29)30)13-31-25(35)26(12-18-2-3-18)6-7-33(16-26)14-19-4-5-23-22(11-19)32-24(34)15-36-23/h4-5,8-11,18H,2-3,6-7,12-16H2,1H3,(H,31,35)(H,32,34). The maximum atomic E-state index is 13.5. The summed E-state index contributed by atoms with van der Waals surface area (Å²) in [6.45, 7) is 3.69. The number of amides is 2. The van der Waals surface area contributed by atoms with E-state index in [4.69, 9.17) is 4.74 Å². The van der Waals surface area contributed by atoms with E-state index >= 15 is 0 Å². The molecule has 9 heteroatoms. The number of nitrogens with one attached hydrogen (secondary N) is 2. The van der Waals surface area contributed by atoms with Gasteiger partial charge in [-0.15, -0.1) is 0 Å². The Hall–Kier alpha value is -3.07. The molecule has 36 heavy (non-hydrogen) atoms. The van der Waals surface area contributed by atoms with Gasteiger partial charge in [0.15, 0.2) is 6.61 Å². The molecule has 0 radical (unpaired) electrons. The molecule has 0 bridgehead atoms. The average molecular weight is 502 g/mol. The van der Waals surface area contributed by atoms with Crippen LogP contribution in [0.5, 0.6) is 5.75 Å². The Morgan fingerprint density at radius 1 is 1.19 bits per heavy atom. The van der Waals surface area contributed by atoms with Crippen molar-refractivity contribution in [2.75, 3.05) is 25.0 Å². The molecule has 2 N–H and O–H groups in total. The molecular weight excluding hydrogens is 471 g/mol. The van der Waals surface area contributed by atoms with Gasteiger partial charge in [0, 0.05) is 19.6 Å². The highest BCUT2D eigenvalue weighted by Crippen LogP contribution is 2.45. The van der Waals surface area contributed by atoms with E-state index in [-0.39, 0.29) is 25.0 Å². The van der Waals surface area contributed by atoms with Crippen molar-refractivity contribution in [3.05, 3.63) is 58.7 Å². The van der Waals surface area contributed by atoms with Gasteiger partial charge in [0.25, 0.3) is 5.91 Å². The predicted molar refractivity (Wildman–Crippen MR) is 128 cm³/mol. The minimum atomic E-state index is -4.42. The summed E-state index contributed by atoms with van der Waals surface area (Å²) in [6, 6.07) is 9.63. The van der Waals surface area contributed by atoms with E-state index in [1.807, 2.05) is 18.2 Å². The second-order valence-electron chi connectivity index (χ2n) is 10.4. The van der Waals surface area contributed by atoms with Crippen LogP contribution in [-0.4, -0.2) is 36.4 Å². The first-order valence-corrected chi connectivity index (χ1v) is 12.3. The number of halogens is 3. The summed E-state index contributed by atoms with van der Waals surface area (Å²) in [5.41, 5.74) is 1.38. The van der Waals surface area contributed by atoms with Crippen LogP contribution < -0.4 is 15.4 Å². The summed E-state index contributed by atoms with van der Waals surface area (Å²) in [7, 11) is 0. The van der Waals surface area contributed by atoms with Gasteiger partial charge in [0.05, 0.1) is 16.7 Å². The molecule has 1 atom stereocenters. The lowest BCUT2D eigenvalue weighted by Crippen LogP contribution is -2.43. The summed E-state index contributed by atoms with van der Waals surface area (Å²) in [5.74, 6) is 0.907. The Morgan fingerprint density at radius 2 is 2.00 bits per heavy atom. The summed E-state index contributed by atoms with van der Waals surface area (Å²) in [6.07, 6.45) is -0.679. The van der Waals surface area contributed by atoms with Crippen LogP contribution in [0.1, 0.15) is 47.9 Å². The van der Waals surface area contributed by atoms with Gasteiger partial charge in [-0.25, -0.2) is 0 Å². The molecule has 2 aromatic carbocycles. The van der Waals surface area contributed by atoms with E-state index in [9.17, 15) is 22.8 Å². The Labute approximate surface area is 208 Å². The molecule has 0 aromatic heterocycles. The molecule has 2 amide bonds. The molecule has 1 unspecified atom stereocenters. The van der Waals surface area contributed by atoms with Crippen molar-refractivity contribution in [1.82, 2.24) is 10.2 Å². The molecule has 6 nitrogen and oxygen atoms in total. The molecule has 192 valence electrons. The highest BCUT2D eigenvalue weighted by molar-refractivity contribution is 5.95. The number of nitrogens with zero attached hydrogens (tertiary/aromatic N) is 1. The third-order valence-electron chi connectivity index (χ3n) is 7.29.